The normalized spacial score (nSPS) is 15.4. The van der Waals surface area contributed by atoms with Crippen molar-refractivity contribution < 1.29 is 14.3 Å². The lowest BCUT2D eigenvalue weighted by Gasteiger charge is -2.00. The van der Waals surface area contributed by atoms with Crippen LogP contribution in [-0.2, 0) is 0 Å². The quantitative estimate of drug-likeness (QED) is 0.877. The second-order valence-corrected chi connectivity index (χ2v) is 4.90. The molecule has 1 aliphatic carbocycles. The average Bonchev–Trinajstić information content (AvgIpc) is 3.03. The van der Waals surface area contributed by atoms with Crippen molar-refractivity contribution in [1.82, 2.24) is 0 Å². The highest BCUT2D eigenvalue weighted by atomic mass is 35.5. The minimum absolute atomic E-state index is 0.0544. The number of carboxylic acids is 1. The zero-order chi connectivity index (χ0) is 12.2. The summed E-state index contributed by atoms with van der Waals surface area (Å²) in [6, 6.07) is 3.64. The topological polar surface area (TPSA) is 50.4 Å². The van der Waals surface area contributed by atoms with E-state index in [9.17, 15) is 9.90 Å². The molecule has 4 heteroatoms. The van der Waals surface area contributed by atoms with Gasteiger partial charge in [-0.2, -0.15) is 0 Å². The van der Waals surface area contributed by atoms with Crippen LogP contribution in [0.3, 0.4) is 0 Å². The van der Waals surface area contributed by atoms with E-state index in [0.29, 0.717) is 16.5 Å². The number of furan rings is 1. The molecule has 0 unspecified atom stereocenters. The first-order valence-corrected chi connectivity index (χ1v) is 5.92. The van der Waals surface area contributed by atoms with Gasteiger partial charge in [-0.25, -0.2) is 4.79 Å². The maximum atomic E-state index is 11.2. The highest BCUT2D eigenvalue weighted by molar-refractivity contribution is 6.35. The number of benzene rings is 1. The minimum Gasteiger partial charge on any atom is -0.475 e. The number of halogens is 1. The van der Waals surface area contributed by atoms with E-state index < -0.39 is 5.97 Å². The fourth-order valence-corrected chi connectivity index (χ4v) is 2.48. The molecule has 0 amide bonds. The Hall–Kier alpha value is -1.48. The lowest BCUT2D eigenvalue weighted by Crippen LogP contribution is -1.97. The third kappa shape index (κ3) is 1.53. The first kappa shape index (κ1) is 10.7. The van der Waals surface area contributed by atoms with Gasteiger partial charge in [0.2, 0.25) is 5.76 Å². The van der Waals surface area contributed by atoms with Crippen molar-refractivity contribution in [3.8, 4) is 0 Å². The monoisotopic (exact) mass is 250 g/mol. The molecule has 1 aliphatic rings. The van der Waals surface area contributed by atoms with Gasteiger partial charge in [-0.05, 0) is 37.3 Å². The molecule has 88 valence electrons. The van der Waals surface area contributed by atoms with E-state index in [2.05, 4.69) is 0 Å². The molecule has 3 nitrogen and oxygen atoms in total. The van der Waals surface area contributed by atoms with Gasteiger partial charge in [0.05, 0.1) is 5.02 Å². The summed E-state index contributed by atoms with van der Waals surface area (Å²) in [4.78, 5) is 11.2. The summed E-state index contributed by atoms with van der Waals surface area (Å²) < 4.78 is 5.44. The second-order valence-electron chi connectivity index (χ2n) is 4.49. The summed E-state index contributed by atoms with van der Waals surface area (Å²) in [7, 11) is 0. The number of carbonyl (C=O) groups is 1. The van der Waals surface area contributed by atoms with E-state index in [1.54, 1.807) is 6.07 Å². The lowest BCUT2D eigenvalue weighted by atomic mass is 10.0. The van der Waals surface area contributed by atoms with Crippen LogP contribution in [0.5, 0.6) is 0 Å². The largest absolute Gasteiger partial charge is 0.475 e. The van der Waals surface area contributed by atoms with Crippen LogP contribution in [0.4, 0.5) is 0 Å². The Labute approximate surface area is 103 Å². The number of hydrogen-bond donors (Lipinski definition) is 1. The van der Waals surface area contributed by atoms with Crippen molar-refractivity contribution >= 4 is 28.5 Å². The van der Waals surface area contributed by atoms with Gasteiger partial charge in [-0.1, -0.05) is 17.7 Å². The predicted molar refractivity (Wildman–Crippen MR) is 64.9 cm³/mol. The molecule has 1 fully saturated rings. The third-order valence-corrected chi connectivity index (χ3v) is 3.51. The van der Waals surface area contributed by atoms with Gasteiger partial charge < -0.3 is 9.52 Å². The van der Waals surface area contributed by atoms with E-state index in [1.807, 2.05) is 13.0 Å². The van der Waals surface area contributed by atoms with Crippen molar-refractivity contribution in [3.05, 3.63) is 34.0 Å². The van der Waals surface area contributed by atoms with E-state index in [4.69, 9.17) is 16.0 Å². The molecular formula is C13H11ClO3. The maximum Gasteiger partial charge on any atom is 0.372 e. The molecule has 0 atom stereocenters. The maximum absolute atomic E-state index is 11.2. The van der Waals surface area contributed by atoms with Crippen LogP contribution in [0.1, 0.15) is 40.4 Å². The molecule has 3 rings (SSSR count). The Bertz CT molecular complexity index is 623. The van der Waals surface area contributed by atoms with Crippen LogP contribution in [0.25, 0.3) is 11.0 Å². The number of rotatable bonds is 2. The molecule has 0 spiro atoms. The van der Waals surface area contributed by atoms with Gasteiger partial charge in [0.1, 0.15) is 0 Å². The molecule has 0 saturated heterocycles. The van der Waals surface area contributed by atoms with Crippen LogP contribution in [0, 0.1) is 6.92 Å². The van der Waals surface area contributed by atoms with Gasteiger partial charge in [0.15, 0.2) is 5.58 Å². The van der Waals surface area contributed by atoms with E-state index in [1.165, 1.54) is 0 Å². The Balaban J connectivity index is 2.42. The van der Waals surface area contributed by atoms with Crippen LogP contribution in [0.15, 0.2) is 16.5 Å². The van der Waals surface area contributed by atoms with Gasteiger partial charge >= 0.3 is 5.97 Å². The second kappa shape index (κ2) is 3.50. The Morgan fingerprint density at radius 1 is 1.47 bits per heavy atom. The molecule has 0 radical (unpaired) electrons. The van der Waals surface area contributed by atoms with Crippen molar-refractivity contribution in [2.75, 3.05) is 0 Å². The molecule has 1 saturated carbocycles. The molecule has 1 aromatic heterocycles. The minimum atomic E-state index is -1.02. The highest BCUT2D eigenvalue weighted by Gasteiger charge is 2.34. The Morgan fingerprint density at radius 2 is 2.18 bits per heavy atom. The van der Waals surface area contributed by atoms with Crippen molar-refractivity contribution in [2.45, 2.75) is 25.7 Å². The fourth-order valence-electron chi connectivity index (χ4n) is 2.28. The van der Waals surface area contributed by atoms with Gasteiger partial charge in [0, 0.05) is 10.9 Å². The summed E-state index contributed by atoms with van der Waals surface area (Å²) in [5.41, 5.74) is 2.35. The standard InChI is InChI=1S/C13H11ClO3/c1-6-2-5-8(14)11-9(6)10(7-3-4-7)12(17-11)13(15)16/h2,5,7H,3-4H2,1H3,(H,15,16). The van der Waals surface area contributed by atoms with E-state index in [0.717, 1.165) is 29.4 Å². The molecule has 1 N–H and O–H groups in total. The molecule has 2 aromatic rings. The highest BCUT2D eigenvalue weighted by Crippen LogP contribution is 2.48. The molecule has 1 aromatic carbocycles. The van der Waals surface area contributed by atoms with Crippen molar-refractivity contribution in [1.29, 1.82) is 0 Å². The summed E-state index contributed by atoms with van der Waals surface area (Å²) >= 11 is 6.06. The zero-order valence-corrected chi connectivity index (χ0v) is 10.0. The van der Waals surface area contributed by atoms with Crippen LogP contribution in [0.2, 0.25) is 5.02 Å². The Kier molecular flexibility index (Phi) is 2.20. The summed E-state index contributed by atoms with van der Waals surface area (Å²) in [5.74, 6) is -0.642. The van der Waals surface area contributed by atoms with Gasteiger partial charge in [0.25, 0.3) is 0 Å². The molecule has 17 heavy (non-hydrogen) atoms. The average molecular weight is 251 g/mol. The summed E-state index contributed by atoms with van der Waals surface area (Å²) in [6.07, 6.45) is 2.06. The fraction of sp³-hybridized carbons (Fsp3) is 0.308. The number of aromatic carboxylic acids is 1. The molecule has 0 aliphatic heterocycles. The number of aryl methyl sites for hydroxylation is 1. The van der Waals surface area contributed by atoms with Crippen LogP contribution in [-0.4, -0.2) is 11.1 Å². The Morgan fingerprint density at radius 3 is 2.76 bits per heavy atom. The van der Waals surface area contributed by atoms with E-state index >= 15 is 0 Å². The zero-order valence-electron chi connectivity index (χ0n) is 9.29. The predicted octanol–water partition coefficient (Wildman–Crippen LogP) is 3.97. The number of carboxylic acid groups (broad SMARTS) is 1. The lowest BCUT2D eigenvalue weighted by molar-refractivity contribution is 0.0663. The van der Waals surface area contributed by atoms with Gasteiger partial charge in [-0.15, -0.1) is 0 Å². The van der Waals surface area contributed by atoms with Gasteiger partial charge in [-0.3, -0.25) is 0 Å². The number of hydrogen-bond acceptors (Lipinski definition) is 2. The smallest absolute Gasteiger partial charge is 0.372 e. The molecule has 0 bridgehead atoms. The van der Waals surface area contributed by atoms with Crippen molar-refractivity contribution in [3.63, 3.8) is 0 Å². The summed E-state index contributed by atoms with van der Waals surface area (Å²) in [5, 5.41) is 10.5. The first-order valence-electron chi connectivity index (χ1n) is 5.54. The molecular weight excluding hydrogens is 240 g/mol. The SMILES string of the molecule is Cc1ccc(Cl)c2oc(C(=O)O)c(C3CC3)c12. The van der Waals surface area contributed by atoms with Crippen LogP contribution < -0.4 is 0 Å². The summed E-state index contributed by atoms with van der Waals surface area (Å²) in [6.45, 7) is 1.95. The number of fused-ring (bicyclic) bond motifs is 1. The van der Waals surface area contributed by atoms with E-state index in [-0.39, 0.29) is 5.76 Å². The third-order valence-electron chi connectivity index (χ3n) is 3.22. The van der Waals surface area contributed by atoms with Crippen molar-refractivity contribution in [2.24, 2.45) is 0 Å². The van der Waals surface area contributed by atoms with Crippen LogP contribution >= 0.6 is 11.6 Å². The molecule has 1 heterocycles. The first-order chi connectivity index (χ1) is 8.09.